The Morgan fingerprint density at radius 2 is 1.95 bits per heavy atom. The van der Waals surface area contributed by atoms with Crippen LogP contribution in [0.15, 0.2) is 60.2 Å². The summed E-state index contributed by atoms with van der Waals surface area (Å²) in [5.74, 6) is 0. The van der Waals surface area contributed by atoms with Gasteiger partial charge >= 0.3 is 0 Å². The standard InChI is InChI=1S/C18H23N/c1-3-4-14-19(2)18-13-9-8-12-17(18)15-16-10-6-5-7-11-16/h5-13,15,18H,3-4,14H2,1-2H3. The molecule has 0 radical (unpaired) electrons. The fourth-order valence-electron chi connectivity index (χ4n) is 2.37. The van der Waals surface area contributed by atoms with Crippen LogP contribution in [0.5, 0.6) is 0 Å². The first-order valence-corrected chi connectivity index (χ1v) is 7.13. The van der Waals surface area contributed by atoms with Gasteiger partial charge in [0.15, 0.2) is 0 Å². The summed E-state index contributed by atoms with van der Waals surface area (Å²) in [6, 6.07) is 10.9. The van der Waals surface area contributed by atoms with Gasteiger partial charge in [-0.25, -0.2) is 0 Å². The maximum atomic E-state index is 2.43. The lowest BCUT2D eigenvalue weighted by molar-refractivity contribution is 0.306. The summed E-state index contributed by atoms with van der Waals surface area (Å²) in [5.41, 5.74) is 2.64. The average Bonchev–Trinajstić information content (AvgIpc) is 2.46. The molecule has 2 rings (SSSR count). The van der Waals surface area contributed by atoms with Crippen LogP contribution < -0.4 is 0 Å². The van der Waals surface area contributed by atoms with Gasteiger partial charge in [-0.05, 0) is 37.2 Å². The van der Waals surface area contributed by atoms with E-state index < -0.39 is 0 Å². The highest BCUT2D eigenvalue weighted by Crippen LogP contribution is 2.20. The van der Waals surface area contributed by atoms with Crippen LogP contribution in [0.4, 0.5) is 0 Å². The molecule has 1 aliphatic rings. The van der Waals surface area contributed by atoms with Crippen molar-refractivity contribution in [1.29, 1.82) is 0 Å². The Morgan fingerprint density at radius 1 is 1.16 bits per heavy atom. The van der Waals surface area contributed by atoms with Crippen LogP contribution in [0.1, 0.15) is 25.3 Å². The molecule has 1 heteroatoms. The molecule has 0 fully saturated rings. The monoisotopic (exact) mass is 253 g/mol. The summed E-state index contributed by atoms with van der Waals surface area (Å²) in [6.45, 7) is 3.39. The average molecular weight is 253 g/mol. The Bertz CT molecular complexity index is 468. The van der Waals surface area contributed by atoms with E-state index in [1.165, 1.54) is 24.0 Å². The van der Waals surface area contributed by atoms with Gasteiger partial charge in [-0.3, -0.25) is 4.90 Å². The summed E-state index contributed by atoms with van der Waals surface area (Å²) in [5, 5.41) is 0. The Hall–Kier alpha value is -1.60. The minimum atomic E-state index is 0.400. The van der Waals surface area contributed by atoms with Crippen molar-refractivity contribution in [2.45, 2.75) is 25.8 Å². The normalized spacial score (nSPS) is 20.4. The predicted molar refractivity (Wildman–Crippen MR) is 84.0 cm³/mol. The molecular formula is C18H23N. The van der Waals surface area contributed by atoms with Gasteiger partial charge in [0, 0.05) is 0 Å². The molecule has 0 saturated heterocycles. The Balaban J connectivity index is 2.15. The third kappa shape index (κ3) is 3.93. The van der Waals surface area contributed by atoms with Gasteiger partial charge in [0.1, 0.15) is 0 Å². The van der Waals surface area contributed by atoms with Crippen molar-refractivity contribution in [2.75, 3.05) is 13.6 Å². The summed E-state index contributed by atoms with van der Waals surface area (Å²) in [7, 11) is 2.21. The van der Waals surface area contributed by atoms with Gasteiger partial charge in [-0.1, -0.05) is 68.0 Å². The number of likely N-dealkylation sites (N-methyl/N-ethyl adjacent to an activating group) is 1. The number of allylic oxidation sites excluding steroid dienone is 2. The summed E-state index contributed by atoms with van der Waals surface area (Å²) < 4.78 is 0. The van der Waals surface area contributed by atoms with Gasteiger partial charge < -0.3 is 0 Å². The van der Waals surface area contributed by atoms with Crippen molar-refractivity contribution in [3.05, 3.63) is 65.8 Å². The number of benzene rings is 1. The van der Waals surface area contributed by atoms with Gasteiger partial charge in [-0.2, -0.15) is 0 Å². The molecule has 0 spiro atoms. The zero-order chi connectivity index (χ0) is 13.5. The first-order valence-electron chi connectivity index (χ1n) is 7.13. The second kappa shape index (κ2) is 7.10. The summed E-state index contributed by atoms with van der Waals surface area (Å²) >= 11 is 0. The van der Waals surface area contributed by atoms with E-state index in [-0.39, 0.29) is 0 Å². The first-order chi connectivity index (χ1) is 9.31. The number of rotatable bonds is 5. The van der Waals surface area contributed by atoms with Crippen molar-refractivity contribution in [1.82, 2.24) is 4.90 Å². The minimum absolute atomic E-state index is 0.400. The first kappa shape index (κ1) is 13.8. The molecule has 1 nitrogen and oxygen atoms in total. The van der Waals surface area contributed by atoms with Gasteiger partial charge in [0.2, 0.25) is 0 Å². The van der Waals surface area contributed by atoms with Gasteiger partial charge in [-0.15, -0.1) is 0 Å². The lowest BCUT2D eigenvalue weighted by atomic mass is 9.98. The van der Waals surface area contributed by atoms with Crippen LogP contribution in [0.25, 0.3) is 6.08 Å². The van der Waals surface area contributed by atoms with E-state index in [9.17, 15) is 0 Å². The fourth-order valence-corrected chi connectivity index (χ4v) is 2.37. The van der Waals surface area contributed by atoms with Crippen molar-refractivity contribution in [2.24, 2.45) is 0 Å². The number of hydrogen-bond acceptors (Lipinski definition) is 1. The third-order valence-corrected chi connectivity index (χ3v) is 3.51. The van der Waals surface area contributed by atoms with Gasteiger partial charge in [0.25, 0.3) is 0 Å². The molecule has 0 amide bonds. The predicted octanol–water partition coefficient (Wildman–Crippen LogP) is 4.30. The molecule has 0 aliphatic heterocycles. The smallest absolute Gasteiger partial charge is 0.0532 e. The number of nitrogens with zero attached hydrogens (tertiary/aromatic N) is 1. The van der Waals surface area contributed by atoms with Crippen LogP contribution in [0.2, 0.25) is 0 Å². The molecule has 0 bridgehead atoms. The van der Waals surface area contributed by atoms with Gasteiger partial charge in [0.05, 0.1) is 6.04 Å². The molecular weight excluding hydrogens is 230 g/mol. The van der Waals surface area contributed by atoms with E-state index in [0.717, 1.165) is 6.54 Å². The van der Waals surface area contributed by atoms with Crippen LogP contribution in [-0.2, 0) is 0 Å². The minimum Gasteiger partial charge on any atom is -0.296 e. The Kier molecular flexibility index (Phi) is 5.17. The van der Waals surface area contributed by atoms with Crippen LogP contribution in [-0.4, -0.2) is 24.5 Å². The molecule has 1 unspecified atom stereocenters. The molecule has 0 saturated carbocycles. The maximum absolute atomic E-state index is 2.43. The zero-order valence-electron chi connectivity index (χ0n) is 11.9. The highest BCUT2D eigenvalue weighted by molar-refractivity contribution is 5.59. The largest absolute Gasteiger partial charge is 0.296 e. The van der Waals surface area contributed by atoms with Crippen LogP contribution >= 0.6 is 0 Å². The second-order valence-corrected chi connectivity index (χ2v) is 5.08. The van der Waals surface area contributed by atoms with E-state index in [2.05, 4.69) is 79.6 Å². The van der Waals surface area contributed by atoms with Crippen molar-refractivity contribution >= 4 is 6.08 Å². The summed E-state index contributed by atoms with van der Waals surface area (Å²) in [4.78, 5) is 2.43. The number of unbranched alkanes of at least 4 members (excludes halogenated alkanes) is 1. The van der Waals surface area contributed by atoms with E-state index in [4.69, 9.17) is 0 Å². The van der Waals surface area contributed by atoms with E-state index in [0.29, 0.717) is 6.04 Å². The number of hydrogen-bond donors (Lipinski definition) is 0. The molecule has 1 atom stereocenters. The quantitative estimate of drug-likeness (QED) is 0.756. The van der Waals surface area contributed by atoms with E-state index >= 15 is 0 Å². The molecule has 0 heterocycles. The molecule has 100 valence electrons. The lowest BCUT2D eigenvalue weighted by Crippen LogP contribution is -2.32. The highest BCUT2D eigenvalue weighted by atomic mass is 15.1. The van der Waals surface area contributed by atoms with Crippen LogP contribution in [0.3, 0.4) is 0 Å². The second-order valence-electron chi connectivity index (χ2n) is 5.08. The third-order valence-electron chi connectivity index (χ3n) is 3.51. The Morgan fingerprint density at radius 3 is 2.68 bits per heavy atom. The van der Waals surface area contributed by atoms with Crippen molar-refractivity contribution in [3.8, 4) is 0 Å². The molecule has 1 aromatic carbocycles. The fraction of sp³-hybridized carbons (Fsp3) is 0.333. The molecule has 19 heavy (non-hydrogen) atoms. The maximum Gasteiger partial charge on any atom is 0.0532 e. The highest BCUT2D eigenvalue weighted by Gasteiger charge is 2.15. The van der Waals surface area contributed by atoms with Crippen LogP contribution in [0, 0.1) is 0 Å². The lowest BCUT2D eigenvalue weighted by Gasteiger charge is -2.28. The van der Waals surface area contributed by atoms with Crippen molar-refractivity contribution in [3.63, 3.8) is 0 Å². The molecule has 1 aromatic rings. The van der Waals surface area contributed by atoms with E-state index in [1.54, 1.807) is 0 Å². The Labute approximate surface area is 116 Å². The van der Waals surface area contributed by atoms with E-state index in [1.807, 2.05) is 0 Å². The van der Waals surface area contributed by atoms with Crippen molar-refractivity contribution < 1.29 is 0 Å². The summed E-state index contributed by atoms with van der Waals surface area (Å²) in [6.07, 6.45) is 13.6. The molecule has 0 N–H and O–H groups in total. The topological polar surface area (TPSA) is 3.24 Å². The SMILES string of the molecule is CCCCN(C)C1C=CC=CC1=Cc1ccccc1. The zero-order valence-corrected chi connectivity index (χ0v) is 11.9. The molecule has 0 aromatic heterocycles. The molecule has 1 aliphatic carbocycles.